The summed E-state index contributed by atoms with van der Waals surface area (Å²) in [7, 11) is 0. The number of hydrogen-bond donors (Lipinski definition) is 1. The van der Waals surface area contributed by atoms with Crippen LogP contribution in [0.4, 0.5) is 5.69 Å². The van der Waals surface area contributed by atoms with Crippen molar-refractivity contribution in [2.75, 3.05) is 5.32 Å². The molecule has 0 unspecified atom stereocenters. The summed E-state index contributed by atoms with van der Waals surface area (Å²) in [6.45, 7) is 6.54. The molecule has 0 aliphatic carbocycles. The molecule has 0 saturated heterocycles. The summed E-state index contributed by atoms with van der Waals surface area (Å²) in [6, 6.07) is 8.44. The molecule has 0 fully saturated rings. The SMILES string of the molecule is CC1=CC(C)(C)Nc2ccccc21.[Mn]. The van der Waals surface area contributed by atoms with Crippen molar-refractivity contribution in [1.29, 1.82) is 0 Å². The average molecular weight is 228 g/mol. The average Bonchev–Trinajstić information content (AvgIpc) is 2.02. The summed E-state index contributed by atoms with van der Waals surface area (Å²) in [5.74, 6) is 0. The van der Waals surface area contributed by atoms with Crippen molar-refractivity contribution in [3.63, 3.8) is 0 Å². The molecule has 14 heavy (non-hydrogen) atoms. The Morgan fingerprint density at radius 3 is 2.50 bits per heavy atom. The molecular weight excluding hydrogens is 213 g/mol. The zero-order valence-electron chi connectivity index (χ0n) is 8.76. The zero-order valence-corrected chi connectivity index (χ0v) is 9.95. The van der Waals surface area contributed by atoms with Gasteiger partial charge in [0.25, 0.3) is 0 Å². The minimum atomic E-state index is 0. The molecule has 1 radical (unpaired) electrons. The first-order valence-corrected chi connectivity index (χ1v) is 4.65. The third-order valence-corrected chi connectivity index (χ3v) is 2.39. The van der Waals surface area contributed by atoms with Gasteiger partial charge >= 0.3 is 0 Å². The summed E-state index contributed by atoms with van der Waals surface area (Å²) in [4.78, 5) is 0. The van der Waals surface area contributed by atoms with E-state index in [1.807, 2.05) is 0 Å². The van der Waals surface area contributed by atoms with Crippen molar-refractivity contribution >= 4 is 11.3 Å². The van der Waals surface area contributed by atoms with Gasteiger partial charge in [0.15, 0.2) is 0 Å². The van der Waals surface area contributed by atoms with Crippen LogP contribution in [0.15, 0.2) is 30.3 Å². The maximum absolute atomic E-state index is 3.49. The van der Waals surface area contributed by atoms with Gasteiger partial charge in [-0.25, -0.2) is 0 Å². The fourth-order valence-electron chi connectivity index (χ4n) is 1.94. The topological polar surface area (TPSA) is 12.0 Å². The molecule has 0 atom stereocenters. The maximum atomic E-state index is 3.49. The molecule has 0 spiro atoms. The first-order valence-electron chi connectivity index (χ1n) is 4.65. The van der Waals surface area contributed by atoms with Crippen LogP contribution >= 0.6 is 0 Å². The van der Waals surface area contributed by atoms with Crippen LogP contribution in [0.5, 0.6) is 0 Å². The summed E-state index contributed by atoms with van der Waals surface area (Å²) in [5.41, 5.74) is 4.01. The molecule has 1 aliphatic rings. The van der Waals surface area contributed by atoms with Gasteiger partial charge in [0.1, 0.15) is 0 Å². The van der Waals surface area contributed by atoms with Crippen LogP contribution in [0, 0.1) is 0 Å². The Bertz CT molecular complexity index is 366. The van der Waals surface area contributed by atoms with Gasteiger partial charge in [-0.2, -0.15) is 0 Å². The van der Waals surface area contributed by atoms with Crippen LogP contribution < -0.4 is 5.32 Å². The number of hydrogen-bond acceptors (Lipinski definition) is 1. The maximum Gasteiger partial charge on any atom is 0.0505 e. The number of benzene rings is 1. The second-order valence-corrected chi connectivity index (χ2v) is 4.22. The summed E-state index contributed by atoms with van der Waals surface area (Å²) < 4.78 is 0. The molecule has 75 valence electrons. The summed E-state index contributed by atoms with van der Waals surface area (Å²) in [6.07, 6.45) is 2.27. The van der Waals surface area contributed by atoms with Crippen LogP contribution in [-0.4, -0.2) is 5.54 Å². The molecule has 1 aromatic carbocycles. The van der Waals surface area contributed by atoms with E-state index >= 15 is 0 Å². The zero-order chi connectivity index (χ0) is 9.47. The van der Waals surface area contributed by atoms with Crippen LogP contribution in [0.3, 0.4) is 0 Å². The van der Waals surface area contributed by atoms with E-state index in [1.165, 1.54) is 16.8 Å². The third kappa shape index (κ3) is 2.02. The van der Waals surface area contributed by atoms with E-state index in [9.17, 15) is 0 Å². The molecule has 1 aromatic rings. The number of para-hydroxylation sites is 1. The molecule has 2 rings (SSSR count). The van der Waals surface area contributed by atoms with Crippen molar-refractivity contribution in [3.05, 3.63) is 35.9 Å². The normalized spacial score (nSPS) is 17.2. The minimum absolute atomic E-state index is 0. The fourth-order valence-corrected chi connectivity index (χ4v) is 1.94. The van der Waals surface area contributed by atoms with Gasteiger partial charge in [0, 0.05) is 28.3 Å². The summed E-state index contributed by atoms with van der Waals surface area (Å²) >= 11 is 0. The number of anilines is 1. The Morgan fingerprint density at radius 2 is 1.79 bits per heavy atom. The van der Waals surface area contributed by atoms with E-state index in [-0.39, 0.29) is 22.6 Å². The van der Waals surface area contributed by atoms with E-state index in [0.717, 1.165) is 0 Å². The number of allylic oxidation sites excluding steroid dienone is 1. The van der Waals surface area contributed by atoms with E-state index in [0.29, 0.717) is 0 Å². The number of fused-ring (bicyclic) bond motifs is 1. The van der Waals surface area contributed by atoms with E-state index in [4.69, 9.17) is 0 Å². The third-order valence-electron chi connectivity index (χ3n) is 2.39. The van der Waals surface area contributed by atoms with E-state index in [1.54, 1.807) is 0 Å². The second-order valence-electron chi connectivity index (χ2n) is 4.22. The van der Waals surface area contributed by atoms with Crippen LogP contribution in [0.1, 0.15) is 26.3 Å². The Balaban J connectivity index is 0.000000980. The van der Waals surface area contributed by atoms with Crippen molar-refractivity contribution in [3.8, 4) is 0 Å². The molecule has 1 N–H and O–H groups in total. The van der Waals surface area contributed by atoms with Gasteiger partial charge in [-0.15, -0.1) is 0 Å². The molecule has 0 bridgehead atoms. The van der Waals surface area contributed by atoms with Gasteiger partial charge in [-0.05, 0) is 32.4 Å². The molecule has 0 saturated carbocycles. The van der Waals surface area contributed by atoms with Gasteiger partial charge < -0.3 is 5.32 Å². The predicted molar refractivity (Wildman–Crippen MR) is 57.8 cm³/mol. The van der Waals surface area contributed by atoms with Crippen LogP contribution in [0.2, 0.25) is 0 Å². The minimum Gasteiger partial charge on any atom is -0.376 e. The van der Waals surface area contributed by atoms with E-state index < -0.39 is 0 Å². The van der Waals surface area contributed by atoms with Crippen molar-refractivity contribution in [2.24, 2.45) is 0 Å². The Labute approximate surface area is 96.1 Å². The molecule has 1 heterocycles. The Morgan fingerprint density at radius 1 is 1.14 bits per heavy atom. The first-order chi connectivity index (χ1) is 6.08. The monoisotopic (exact) mass is 228 g/mol. The molecule has 1 aliphatic heterocycles. The van der Waals surface area contributed by atoms with Crippen molar-refractivity contribution in [2.45, 2.75) is 26.3 Å². The first kappa shape index (κ1) is 11.4. The summed E-state index contributed by atoms with van der Waals surface area (Å²) in [5, 5.41) is 3.49. The Kier molecular flexibility index (Phi) is 3.08. The molecule has 2 heteroatoms. The number of nitrogens with one attached hydrogen (secondary N) is 1. The Hall–Kier alpha value is -0.721. The van der Waals surface area contributed by atoms with Crippen LogP contribution in [0.25, 0.3) is 5.57 Å². The van der Waals surface area contributed by atoms with Crippen molar-refractivity contribution < 1.29 is 17.1 Å². The van der Waals surface area contributed by atoms with Gasteiger partial charge in [-0.3, -0.25) is 0 Å². The number of rotatable bonds is 0. The van der Waals surface area contributed by atoms with Crippen LogP contribution in [-0.2, 0) is 17.1 Å². The largest absolute Gasteiger partial charge is 0.376 e. The van der Waals surface area contributed by atoms with Crippen molar-refractivity contribution in [1.82, 2.24) is 0 Å². The molecular formula is C12H15MnN. The standard InChI is InChI=1S/C12H15N.Mn/c1-9-8-12(2,3)13-11-7-5-4-6-10(9)11;/h4-8,13H,1-3H3;. The van der Waals surface area contributed by atoms with Gasteiger partial charge in [0.2, 0.25) is 0 Å². The fraction of sp³-hybridized carbons (Fsp3) is 0.333. The van der Waals surface area contributed by atoms with Gasteiger partial charge in [-0.1, -0.05) is 24.3 Å². The van der Waals surface area contributed by atoms with Gasteiger partial charge in [0.05, 0.1) is 5.54 Å². The quantitative estimate of drug-likeness (QED) is 0.672. The van der Waals surface area contributed by atoms with E-state index in [2.05, 4.69) is 56.4 Å². The molecule has 0 amide bonds. The smallest absolute Gasteiger partial charge is 0.0505 e. The second kappa shape index (κ2) is 3.80. The molecule has 0 aromatic heterocycles. The predicted octanol–water partition coefficient (Wildman–Crippen LogP) is 3.29. The molecule has 1 nitrogen and oxygen atoms in total.